The third kappa shape index (κ3) is 4.16. The molecule has 2 aliphatic rings. The molecular formula is C25H24N2O4. The van der Waals surface area contributed by atoms with Gasteiger partial charge in [0.05, 0.1) is 24.3 Å². The normalized spacial score (nSPS) is 17.4. The maximum absolute atomic E-state index is 13.4. The Morgan fingerprint density at radius 2 is 1.71 bits per heavy atom. The van der Waals surface area contributed by atoms with Crippen molar-refractivity contribution in [1.29, 1.82) is 0 Å². The number of rotatable bonds is 5. The van der Waals surface area contributed by atoms with Crippen molar-refractivity contribution in [2.75, 3.05) is 26.3 Å². The van der Waals surface area contributed by atoms with Crippen molar-refractivity contribution in [3.8, 4) is 0 Å². The van der Waals surface area contributed by atoms with E-state index < -0.39 is 12.1 Å². The van der Waals surface area contributed by atoms with E-state index in [1.165, 1.54) is 0 Å². The van der Waals surface area contributed by atoms with Crippen molar-refractivity contribution in [3.05, 3.63) is 77.5 Å². The van der Waals surface area contributed by atoms with Crippen LogP contribution in [0.2, 0.25) is 0 Å². The van der Waals surface area contributed by atoms with Crippen LogP contribution in [-0.4, -0.2) is 48.1 Å². The lowest BCUT2D eigenvalue weighted by Gasteiger charge is -2.30. The Labute approximate surface area is 180 Å². The number of aromatic nitrogens is 1. The predicted molar refractivity (Wildman–Crippen MR) is 116 cm³/mol. The molecule has 1 aliphatic carbocycles. The van der Waals surface area contributed by atoms with Gasteiger partial charge in [-0.2, -0.15) is 0 Å². The number of para-hydroxylation sites is 1. The molecule has 1 amide bonds. The molecule has 31 heavy (non-hydrogen) atoms. The van der Waals surface area contributed by atoms with Crippen LogP contribution in [0.4, 0.5) is 0 Å². The summed E-state index contributed by atoms with van der Waals surface area (Å²) in [5.41, 5.74) is 2.81. The molecule has 2 aromatic carbocycles. The number of esters is 1. The van der Waals surface area contributed by atoms with Crippen LogP contribution < -0.4 is 0 Å². The SMILES string of the molecule is O=C(O[C@H](C(=O)N1CCOCC1)c1ccccc1)c1cc(C2CC2)nc2ccccc12. The van der Waals surface area contributed by atoms with Gasteiger partial charge >= 0.3 is 5.97 Å². The van der Waals surface area contributed by atoms with E-state index in [1.807, 2.05) is 60.7 Å². The van der Waals surface area contributed by atoms with E-state index in [9.17, 15) is 9.59 Å². The summed E-state index contributed by atoms with van der Waals surface area (Å²) in [6, 6.07) is 18.6. The van der Waals surface area contributed by atoms with E-state index in [0.29, 0.717) is 43.3 Å². The van der Waals surface area contributed by atoms with E-state index in [0.717, 1.165) is 29.4 Å². The maximum Gasteiger partial charge on any atom is 0.340 e. The summed E-state index contributed by atoms with van der Waals surface area (Å²) in [5, 5.41) is 0.738. The highest BCUT2D eigenvalue weighted by Gasteiger charge is 2.32. The Kier molecular flexibility index (Phi) is 5.38. The topological polar surface area (TPSA) is 68.7 Å². The van der Waals surface area contributed by atoms with Gasteiger partial charge in [-0.15, -0.1) is 0 Å². The number of hydrogen-bond acceptors (Lipinski definition) is 5. The van der Waals surface area contributed by atoms with Gasteiger partial charge < -0.3 is 14.4 Å². The monoisotopic (exact) mass is 416 g/mol. The first-order chi connectivity index (χ1) is 15.2. The molecule has 1 aromatic heterocycles. The molecule has 0 N–H and O–H groups in total. The third-order valence-corrected chi connectivity index (χ3v) is 5.83. The second kappa shape index (κ2) is 8.47. The summed E-state index contributed by atoms with van der Waals surface area (Å²) >= 11 is 0. The number of ether oxygens (including phenoxy) is 2. The van der Waals surface area contributed by atoms with Crippen molar-refractivity contribution in [3.63, 3.8) is 0 Å². The van der Waals surface area contributed by atoms with Crippen molar-refractivity contribution in [2.45, 2.75) is 24.9 Å². The van der Waals surface area contributed by atoms with E-state index in [-0.39, 0.29) is 5.91 Å². The highest BCUT2D eigenvalue weighted by Crippen LogP contribution is 2.40. The van der Waals surface area contributed by atoms with Crippen LogP contribution in [0.1, 0.15) is 46.5 Å². The van der Waals surface area contributed by atoms with Crippen LogP contribution in [0.25, 0.3) is 10.9 Å². The summed E-state index contributed by atoms with van der Waals surface area (Å²) in [7, 11) is 0. The fourth-order valence-electron chi connectivity index (χ4n) is 3.96. The minimum atomic E-state index is -0.997. The molecule has 0 bridgehead atoms. The fourth-order valence-corrected chi connectivity index (χ4v) is 3.96. The summed E-state index contributed by atoms with van der Waals surface area (Å²) in [4.78, 5) is 33.1. The summed E-state index contributed by atoms with van der Waals surface area (Å²) in [6.45, 7) is 1.95. The van der Waals surface area contributed by atoms with E-state index in [4.69, 9.17) is 14.5 Å². The highest BCUT2D eigenvalue weighted by molar-refractivity contribution is 6.04. The van der Waals surface area contributed by atoms with Gasteiger partial charge in [0.15, 0.2) is 0 Å². The quantitative estimate of drug-likeness (QED) is 0.591. The van der Waals surface area contributed by atoms with Crippen molar-refractivity contribution < 1.29 is 19.1 Å². The molecule has 6 nitrogen and oxygen atoms in total. The average molecular weight is 416 g/mol. The molecule has 1 saturated heterocycles. The molecule has 6 heteroatoms. The minimum absolute atomic E-state index is 0.219. The standard InChI is InChI=1S/C25H24N2O4/c28-24(27-12-14-30-15-13-27)23(18-6-2-1-3-7-18)31-25(29)20-16-22(17-10-11-17)26-21-9-5-4-8-19(20)21/h1-9,16-17,23H,10-15H2/t23-/m0/s1. The lowest BCUT2D eigenvalue weighted by Crippen LogP contribution is -2.44. The Hall–Kier alpha value is -3.25. The zero-order chi connectivity index (χ0) is 21.2. The van der Waals surface area contributed by atoms with Crippen LogP contribution in [0.3, 0.4) is 0 Å². The molecule has 3 aromatic rings. The van der Waals surface area contributed by atoms with Crippen LogP contribution in [0.15, 0.2) is 60.7 Å². The van der Waals surface area contributed by atoms with Crippen LogP contribution in [0.5, 0.6) is 0 Å². The second-order valence-electron chi connectivity index (χ2n) is 8.02. The van der Waals surface area contributed by atoms with Gasteiger partial charge in [0.1, 0.15) is 0 Å². The Balaban J connectivity index is 1.49. The summed E-state index contributed by atoms with van der Waals surface area (Å²) < 4.78 is 11.3. The molecule has 5 rings (SSSR count). The molecular weight excluding hydrogens is 392 g/mol. The van der Waals surface area contributed by atoms with Gasteiger partial charge in [0, 0.05) is 35.7 Å². The molecule has 1 aliphatic heterocycles. The number of fused-ring (bicyclic) bond motifs is 1. The largest absolute Gasteiger partial charge is 0.444 e. The van der Waals surface area contributed by atoms with Crippen LogP contribution in [-0.2, 0) is 14.3 Å². The lowest BCUT2D eigenvalue weighted by molar-refractivity contribution is -0.145. The van der Waals surface area contributed by atoms with Crippen molar-refractivity contribution >= 4 is 22.8 Å². The van der Waals surface area contributed by atoms with Gasteiger partial charge in [-0.1, -0.05) is 48.5 Å². The second-order valence-corrected chi connectivity index (χ2v) is 8.02. The van der Waals surface area contributed by atoms with Gasteiger partial charge in [-0.05, 0) is 25.0 Å². The Morgan fingerprint density at radius 3 is 2.45 bits per heavy atom. The van der Waals surface area contributed by atoms with E-state index in [1.54, 1.807) is 4.90 Å². The molecule has 158 valence electrons. The van der Waals surface area contributed by atoms with Gasteiger partial charge in [-0.25, -0.2) is 4.79 Å². The van der Waals surface area contributed by atoms with Gasteiger partial charge in [0.25, 0.3) is 5.91 Å². The molecule has 2 fully saturated rings. The smallest absolute Gasteiger partial charge is 0.340 e. The number of amides is 1. The predicted octanol–water partition coefficient (Wildman–Crippen LogP) is 3.87. The molecule has 0 radical (unpaired) electrons. The molecule has 0 spiro atoms. The number of carbonyl (C=O) groups is 2. The summed E-state index contributed by atoms with van der Waals surface area (Å²) in [5.74, 6) is -0.323. The first-order valence-corrected chi connectivity index (χ1v) is 10.7. The Morgan fingerprint density at radius 1 is 1.00 bits per heavy atom. The molecule has 1 saturated carbocycles. The number of hydrogen-bond donors (Lipinski definition) is 0. The number of pyridine rings is 1. The lowest BCUT2D eigenvalue weighted by atomic mass is 10.0. The summed E-state index contributed by atoms with van der Waals surface area (Å²) in [6.07, 6.45) is 1.17. The zero-order valence-electron chi connectivity index (χ0n) is 17.2. The van der Waals surface area contributed by atoms with Crippen LogP contribution >= 0.6 is 0 Å². The Bertz CT molecular complexity index is 1100. The molecule has 2 heterocycles. The molecule has 1 atom stereocenters. The number of morpholine rings is 1. The van der Waals surface area contributed by atoms with E-state index >= 15 is 0 Å². The fraction of sp³-hybridized carbons (Fsp3) is 0.320. The van der Waals surface area contributed by atoms with Crippen molar-refractivity contribution in [1.82, 2.24) is 9.88 Å². The molecule has 0 unspecified atom stereocenters. The van der Waals surface area contributed by atoms with Crippen LogP contribution in [0, 0.1) is 0 Å². The number of nitrogens with zero attached hydrogens (tertiary/aromatic N) is 2. The number of carbonyl (C=O) groups excluding carboxylic acids is 2. The van der Waals surface area contributed by atoms with Crippen molar-refractivity contribution in [2.24, 2.45) is 0 Å². The average Bonchev–Trinajstić information content (AvgIpc) is 3.68. The maximum atomic E-state index is 13.4. The number of benzene rings is 2. The highest BCUT2D eigenvalue weighted by atomic mass is 16.5. The van der Waals surface area contributed by atoms with Gasteiger partial charge in [0.2, 0.25) is 6.10 Å². The first-order valence-electron chi connectivity index (χ1n) is 10.7. The zero-order valence-corrected chi connectivity index (χ0v) is 17.2. The minimum Gasteiger partial charge on any atom is -0.444 e. The first kappa shape index (κ1) is 19.7. The van der Waals surface area contributed by atoms with Gasteiger partial charge in [-0.3, -0.25) is 9.78 Å². The van der Waals surface area contributed by atoms with E-state index in [2.05, 4.69) is 0 Å². The third-order valence-electron chi connectivity index (χ3n) is 5.83.